The highest BCUT2D eigenvalue weighted by molar-refractivity contribution is 8.13. The van der Waals surface area contributed by atoms with E-state index in [1.165, 1.54) is 5.56 Å². The second kappa shape index (κ2) is 10.3. The first-order valence-electron chi connectivity index (χ1n) is 7.63. The van der Waals surface area contributed by atoms with Crippen LogP contribution in [0.1, 0.15) is 32.3 Å². The van der Waals surface area contributed by atoms with Gasteiger partial charge in [0.2, 0.25) is 0 Å². The van der Waals surface area contributed by atoms with E-state index >= 15 is 0 Å². The lowest BCUT2D eigenvalue weighted by molar-refractivity contribution is -0.137. The van der Waals surface area contributed by atoms with Gasteiger partial charge in [0, 0.05) is 25.9 Å². The zero-order valence-electron chi connectivity index (χ0n) is 13.7. The number of aliphatic carboxylic acids is 1. The number of aliphatic imine (C=N–C) groups is 1. The van der Waals surface area contributed by atoms with Gasteiger partial charge in [0.25, 0.3) is 0 Å². The summed E-state index contributed by atoms with van der Waals surface area (Å²) in [7, 11) is 1.77. The van der Waals surface area contributed by atoms with Crippen LogP contribution in [0.3, 0.4) is 0 Å². The van der Waals surface area contributed by atoms with E-state index in [-0.39, 0.29) is 6.42 Å². The molecule has 0 aliphatic heterocycles. The molecule has 122 valence electrons. The van der Waals surface area contributed by atoms with Gasteiger partial charge in [-0.3, -0.25) is 9.79 Å². The van der Waals surface area contributed by atoms with Crippen LogP contribution in [0.4, 0.5) is 0 Å². The van der Waals surface area contributed by atoms with Gasteiger partial charge in [-0.25, -0.2) is 0 Å². The van der Waals surface area contributed by atoms with Gasteiger partial charge in [-0.2, -0.15) is 0 Å². The fraction of sp³-hybridized carbons (Fsp3) is 0.529. The Morgan fingerprint density at radius 1 is 1.32 bits per heavy atom. The van der Waals surface area contributed by atoms with Crippen molar-refractivity contribution in [2.24, 2.45) is 10.9 Å². The predicted octanol–water partition coefficient (Wildman–Crippen LogP) is 3.73. The molecule has 0 aromatic heterocycles. The number of carboxylic acids is 1. The summed E-state index contributed by atoms with van der Waals surface area (Å²) in [5.74, 6) is 0.885. The van der Waals surface area contributed by atoms with Gasteiger partial charge in [0.15, 0.2) is 5.17 Å². The van der Waals surface area contributed by atoms with Crippen LogP contribution >= 0.6 is 11.8 Å². The van der Waals surface area contributed by atoms with Gasteiger partial charge in [-0.05, 0) is 17.9 Å². The van der Waals surface area contributed by atoms with Crippen LogP contribution in [0.25, 0.3) is 0 Å². The Balaban J connectivity index is 2.71. The van der Waals surface area contributed by atoms with Crippen LogP contribution in [0, 0.1) is 5.92 Å². The number of nitrogens with zero attached hydrogens (tertiary/aromatic N) is 2. The summed E-state index contributed by atoms with van der Waals surface area (Å²) in [6.07, 6.45) is 1.25. The highest BCUT2D eigenvalue weighted by atomic mass is 32.2. The number of thioether (sulfide) groups is 1. The van der Waals surface area contributed by atoms with E-state index in [2.05, 4.69) is 35.9 Å². The van der Waals surface area contributed by atoms with Crippen molar-refractivity contribution in [1.82, 2.24) is 4.90 Å². The van der Waals surface area contributed by atoms with Crippen LogP contribution in [0.15, 0.2) is 35.3 Å². The Bertz CT molecular complexity index is 475. The summed E-state index contributed by atoms with van der Waals surface area (Å²) >= 11 is 1.71. The van der Waals surface area contributed by atoms with Crippen LogP contribution in [0.2, 0.25) is 0 Å². The van der Waals surface area contributed by atoms with Gasteiger partial charge in [0.05, 0.1) is 6.42 Å². The van der Waals surface area contributed by atoms with Gasteiger partial charge in [-0.1, -0.05) is 55.9 Å². The first-order chi connectivity index (χ1) is 10.5. The fourth-order valence-electron chi connectivity index (χ4n) is 1.96. The van der Waals surface area contributed by atoms with Crippen LogP contribution in [-0.2, 0) is 11.3 Å². The summed E-state index contributed by atoms with van der Waals surface area (Å²) < 4.78 is 0. The van der Waals surface area contributed by atoms with Crippen molar-refractivity contribution in [1.29, 1.82) is 0 Å². The number of hydrogen-bond acceptors (Lipinski definition) is 3. The molecule has 1 aromatic carbocycles. The lowest BCUT2D eigenvalue weighted by atomic mass is 10.2. The monoisotopic (exact) mass is 322 g/mol. The fourth-order valence-corrected chi connectivity index (χ4v) is 3.20. The third kappa shape index (κ3) is 7.50. The molecule has 4 nitrogen and oxygen atoms in total. The van der Waals surface area contributed by atoms with Gasteiger partial charge in [-0.15, -0.1) is 0 Å². The Hall–Kier alpha value is -1.49. The highest BCUT2D eigenvalue weighted by Gasteiger charge is 2.14. The van der Waals surface area contributed by atoms with Gasteiger partial charge in [0.1, 0.15) is 0 Å². The number of hydrogen-bond donors (Lipinski definition) is 1. The molecule has 0 bridgehead atoms. The minimum Gasteiger partial charge on any atom is -0.481 e. The zero-order valence-corrected chi connectivity index (χ0v) is 14.5. The molecule has 0 atom stereocenters. The number of carbonyl (C=O) groups is 1. The molecule has 0 saturated heterocycles. The SMILES string of the molecule is CN=C(SCCC(C)C)N(CCC(=O)O)Cc1ccccc1. The molecule has 0 aliphatic carbocycles. The standard InChI is InChI=1S/C17H26N2O2S/c1-14(2)10-12-22-17(18-3)19(11-9-16(20)21)13-15-7-5-4-6-8-15/h4-8,14H,9-13H2,1-3H3,(H,20,21). The molecule has 0 amide bonds. The Kier molecular flexibility index (Phi) is 8.67. The average Bonchev–Trinajstić information content (AvgIpc) is 2.49. The molecule has 0 radical (unpaired) electrons. The maximum atomic E-state index is 10.9. The normalized spacial score (nSPS) is 11.7. The largest absolute Gasteiger partial charge is 0.481 e. The van der Waals surface area contributed by atoms with Crippen molar-refractivity contribution in [3.63, 3.8) is 0 Å². The van der Waals surface area contributed by atoms with Crippen molar-refractivity contribution in [2.75, 3.05) is 19.3 Å². The number of carboxylic acid groups (broad SMARTS) is 1. The summed E-state index contributed by atoms with van der Waals surface area (Å²) in [6.45, 7) is 5.58. The lowest BCUT2D eigenvalue weighted by Crippen LogP contribution is -2.31. The minimum atomic E-state index is -0.777. The molecule has 0 spiro atoms. The zero-order chi connectivity index (χ0) is 16.4. The molecule has 1 aromatic rings. The van der Waals surface area contributed by atoms with Crippen molar-refractivity contribution < 1.29 is 9.90 Å². The highest BCUT2D eigenvalue weighted by Crippen LogP contribution is 2.16. The summed E-state index contributed by atoms with van der Waals surface area (Å²) in [5, 5.41) is 9.88. The van der Waals surface area contributed by atoms with Crippen molar-refractivity contribution in [3.8, 4) is 0 Å². The van der Waals surface area contributed by atoms with Gasteiger partial charge >= 0.3 is 5.97 Å². The molecule has 0 unspecified atom stereocenters. The van der Waals surface area contributed by atoms with E-state index in [1.54, 1.807) is 18.8 Å². The number of rotatable bonds is 8. The Morgan fingerprint density at radius 2 is 2.00 bits per heavy atom. The maximum absolute atomic E-state index is 10.9. The quantitative estimate of drug-likeness (QED) is 0.585. The molecule has 1 rings (SSSR count). The molecule has 0 aliphatic rings. The van der Waals surface area contributed by atoms with Crippen LogP contribution in [0.5, 0.6) is 0 Å². The topological polar surface area (TPSA) is 52.9 Å². The number of amidine groups is 1. The molecule has 5 heteroatoms. The lowest BCUT2D eigenvalue weighted by Gasteiger charge is -2.25. The first-order valence-corrected chi connectivity index (χ1v) is 8.61. The van der Waals surface area contributed by atoms with Crippen LogP contribution in [-0.4, -0.2) is 40.5 Å². The minimum absolute atomic E-state index is 0.122. The molecule has 1 N–H and O–H groups in total. The molecule has 0 fully saturated rings. The molecular weight excluding hydrogens is 296 g/mol. The second-order valence-corrected chi connectivity index (χ2v) is 6.65. The third-order valence-corrected chi connectivity index (χ3v) is 4.34. The van der Waals surface area contributed by atoms with Crippen molar-refractivity contribution in [3.05, 3.63) is 35.9 Å². The van der Waals surface area contributed by atoms with E-state index in [4.69, 9.17) is 5.11 Å². The van der Waals surface area contributed by atoms with E-state index in [1.807, 2.05) is 18.2 Å². The third-order valence-electron chi connectivity index (χ3n) is 3.20. The Morgan fingerprint density at radius 3 is 2.55 bits per heavy atom. The molecular formula is C17H26N2O2S. The smallest absolute Gasteiger partial charge is 0.305 e. The predicted molar refractivity (Wildman–Crippen MR) is 94.4 cm³/mol. The summed E-state index contributed by atoms with van der Waals surface area (Å²) in [6, 6.07) is 10.1. The first kappa shape index (κ1) is 18.6. The Labute approximate surface area is 137 Å². The summed E-state index contributed by atoms with van der Waals surface area (Å²) in [4.78, 5) is 17.3. The maximum Gasteiger partial charge on any atom is 0.305 e. The van der Waals surface area contributed by atoms with Crippen molar-refractivity contribution >= 4 is 22.9 Å². The van der Waals surface area contributed by atoms with Gasteiger partial charge < -0.3 is 10.0 Å². The van der Waals surface area contributed by atoms with E-state index < -0.39 is 5.97 Å². The number of benzene rings is 1. The van der Waals surface area contributed by atoms with E-state index in [0.717, 1.165) is 17.3 Å². The van der Waals surface area contributed by atoms with Crippen LogP contribution < -0.4 is 0 Å². The van der Waals surface area contributed by atoms with E-state index in [9.17, 15) is 4.79 Å². The molecule has 0 saturated carbocycles. The van der Waals surface area contributed by atoms with Crippen molar-refractivity contribution in [2.45, 2.75) is 33.2 Å². The second-order valence-electron chi connectivity index (χ2n) is 5.59. The molecule has 22 heavy (non-hydrogen) atoms. The average molecular weight is 322 g/mol. The molecule has 0 heterocycles. The summed E-state index contributed by atoms with van der Waals surface area (Å²) in [5.41, 5.74) is 1.17. The van der Waals surface area contributed by atoms with E-state index in [0.29, 0.717) is 19.0 Å².